The van der Waals surface area contributed by atoms with E-state index in [2.05, 4.69) is 5.32 Å². The number of aromatic nitrogens is 1. The lowest BCUT2D eigenvalue weighted by atomic mass is 9.92. The molecule has 1 N–H and O–H groups in total. The summed E-state index contributed by atoms with van der Waals surface area (Å²) in [5.41, 5.74) is 1.76. The Morgan fingerprint density at radius 3 is 2.50 bits per heavy atom. The molecule has 3 amide bonds. The zero-order valence-corrected chi connectivity index (χ0v) is 16.6. The average molecular weight is 383 g/mol. The summed E-state index contributed by atoms with van der Waals surface area (Å²) >= 11 is 0. The van der Waals surface area contributed by atoms with Gasteiger partial charge in [0.25, 0.3) is 5.91 Å². The van der Waals surface area contributed by atoms with Crippen LogP contribution in [0.5, 0.6) is 0 Å². The van der Waals surface area contributed by atoms with E-state index in [1.807, 2.05) is 36.6 Å². The van der Waals surface area contributed by atoms with Crippen LogP contribution in [0, 0.1) is 13.8 Å². The van der Waals surface area contributed by atoms with Crippen molar-refractivity contribution in [3.05, 3.63) is 58.9 Å². The number of nitrogens with zero attached hydrogens (tertiary/aromatic N) is 2. The molecule has 1 atom stereocenters. The van der Waals surface area contributed by atoms with Gasteiger partial charge in [0.1, 0.15) is 5.54 Å². The first kappa shape index (κ1) is 19.8. The highest BCUT2D eigenvalue weighted by Gasteiger charge is 2.49. The molecule has 0 spiro atoms. The molecule has 0 bridgehead atoms. The largest absolute Gasteiger partial charge is 0.383 e. The number of imide groups is 1. The number of aryl methyl sites for hydroxylation is 1. The van der Waals surface area contributed by atoms with E-state index in [4.69, 9.17) is 4.74 Å². The highest BCUT2D eigenvalue weighted by atomic mass is 16.5. The molecule has 2 heterocycles. The Hall–Kier alpha value is -2.93. The first-order valence-electron chi connectivity index (χ1n) is 9.18. The number of benzene rings is 1. The van der Waals surface area contributed by atoms with E-state index in [0.29, 0.717) is 24.3 Å². The summed E-state index contributed by atoms with van der Waals surface area (Å²) in [5.74, 6) is -0.692. The van der Waals surface area contributed by atoms with Crippen molar-refractivity contribution in [1.82, 2.24) is 14.8 Å². The van der Waals surface area contributed by atoms with Gasteiger partial charge in [0.15, 0.2) is 5.78 Å². The van der Waals surface area contributed by atoms with E-state index < -0.39 is 17.5 Å². The van der Waals surface area contributed by atoms with Crippen LogP contribution in [0.25, 0.3) is 0 Å². The number of ketones is 1. The zero-order valence-electron chi connectivity index (χ0n) is 16.6. The van der Waals surface area contributed by atoms with Crippen LogP contribution in [0.1, 0.15) is 34.2 Å². The number of ether oxygens (including phenoxy) is 1. The van der Waals surface area contributed by atoms with Crippen LogP contribution in [0.15, 0.2) is 36.4 Å². The summed E-state index contributed by atoms with van der Waals surface area (Å²) < 4.78 is 7.11. The molecule has 2 aromatic rings. The predicted molar refractivity (Wildman–Crippen MR) is 104 cm³/mol. The van der Waals surface area contributed by atoms with E-state index in [0.717, 1.165) is 16.3 Å². The lowest BCUT2D eigenvalue weighted by Gasteiger charge is -2.22. The third-order valence-electron chi connectivity index (χ3n) is 5.32. The van der Waals surface area contributed by atoms with Crippen molar-refractivity contribution in [3.8, 4) is 0 Å². The van der Waals surface area contributed by atoms with Gasteiger partial charge in [-0.25, -0.2) is 4.79 Å². The van der Waals surface area contributed by atoms with Crippen molar-refractivity contribution in [2.75, 3.05) is 20.3 Å². The fourth-order valence-corrected chi connectivity index (χ4v) is 3.65. The number of carbonyl (C=O) groups is 3. The van der Waals surface area contributed by atoms with Crippen molar-refractivity contribution >= 4 is 17.7 Å². The Kier molecular flexibility index (Phi) is 5.38. The summed E-state index contributed by atoms with van der Waals surface area (Å²) in [7, 11) is 1.63. The van der Waals surface area contributed by atoms with Crippen LogP contribution in [-0.4, -0.2) is 47.4 Å². The maximum Gasteiger partial charge on any atom is 0.325 e. The third kappa shape index (κ3) is 3.33. The van der Waals surface area contributed by atoms with Crippen LogP contribution in [0.4, 0.5) is 4.79 Å². The zero-order chi connectivity index (χ0) is 20.5. The fraction of sp³-hybridized carbons (Fsp3) is 0.381. The van der Waals surface area contributed by atoms with Crippen LogP contribution < -0.4 is 5.32 Å². The second-order valence-corrected chi connectivity index (χ2v) is 7.16. The molecule has 7 nitrogen and oxygen atoms in total. The van der Waals surface area contributed by atoms with E-state index in [1.165, 1.54) is 0 Å². The number of hydrogen-bond donors (Lipinski definition) is 1. The van der Waals surface area contributed by atoms with Gasteiger partial charge in [-0.15, -0.1) is 0 Å². The number of hydrogen-bond acceptors (Lipinski definition) is 4. The third-order valence-corrected chi connectivity index (χ3v) is 5.32. The Balaban J connectivity index is 1.82. The first-order chi connectivity index (χ1) is 13.3. The normalized spacial score (nSPS) is 19.2. The number of carbonyl (C=O) groups excluding carboxylic acids is 3. The summed E-state index contributed by atoms with van der Waals surface area (Å²) in [6, 6.07) is 10.3. The van der Waals surface area contributed by atoms with E-state index in [-0.39, 0.29) is 12.3 Å². The topological polar surface area (TPSA) is 80.6 Å². The van der Waals surface area contributed by atoms with Crippen molar-refractivity contribution < 1.29 is 19.1 Å². The van der Waals surface area contributed by atoms with Crippen LogP contribution >= 0.6 is 0 Å². The molecule has 1 unspecified atom stereocenters. The molecular formula is C21H25N3O4. The molecule has 1 aromatic carbocycles. The van der Waals surface area contributed by atoms with Crippen LogP contribution in [0.3, 0.4) is 0 Å². The molecule has 7 heteroatoms. The Bertz CT molecular complexity index is 919. The lowest BCUT2D eigenvalue weighted by Crippen LogP contribution is -2.41. The molecule has 3 rings (SSSR count). The molecule has 0 saturated carbocycles. The highest BCUT2D eigenvalue weighted by Crippen LogP contribution is 2.29. The molecule has 1 aliphatic rings. The summed E-state index contributed by atoms with van der Waals surface area (Å²) in [4.78, 5) is 39.3. The molecule has 0 aliphatic carbocycles. The standard InChI is InChI=1S/C21H25N3O4/c1-14-12-17(15(2)23(14)10-11-28-4)18(25)13-24-19(26)21(3,22-20(24)27)16-8-6-5-7-9-16/h5-9,12H,10-11,13H2,1-4H3,(H,22,27). The summed E-state index contributed by atoms with van der Waals surface area (Å²) in [6.07, 6.45) is 0. The van der Waals surface area contributed by atoms with Gasteiger partial charge in [-0.1, -0.05) is 30.3 Å². The molecular weight excluding hydrogens is 358 g/mol. The molecule has 28 heavy (non-hydrogen) atoms. The Morgan fingerprint density at radius 2 is 1.86 bits per heavy atom. The molecule has 1 fully saturated rings. The van der Waals surface area contributed by atoms with Gasteiger partial charge < -0.3 is 14.6 Å². The monoisotopic (exact) mass is 383 g/mol. The summed E-state index contributed by atoms with van der Waals surface area (Å²) in [5, 5.41) is 2.73. The number of nitrogens with one attached hydrogen (secondary N) is 1. The van der Waals surface area contributed by atoms with Gasteiger partial charge in [-0.2, -0.15) is 0 Å². The maximum atomic E-state index is 13.0. The van der Waals surface area contributed by atoms with Gasteiger partial charge in [-0.05, 0) is 32.4 Å². The predicted octanol–water partition coefficient (Wildman–Crippen LogP) is 2.40. The number of urea groups is 1. The minimum Gasteiger partial charge on any atom is -0.383 e. The van der Waals surface area contributed by atoms with Gasteiger partial charge in [0.2, 0.25) is 0 Å². The first-order valence-corrected chi connectivity index (χ1v) is 9.18. The summed E-state index contributed by atoms with van der Waals surface area (Å²) in [6.45, 7) is 6.31. The molecule has 1 aromatic heterocycles. The fourth-order valence-electron chi connectivity index (χ4n) is 3.65. The van der Waals surface area contributed by atoms with Gasteiger partial charge >= 0.3 is 6.03 Å². The van der Waals surface area contributed by atoms with Crippen LogP contribution in [0.2, 0.25) is 0 Å². The van der Waals surface area contributed by atoms with Gasteiger partial charge in [-0.3, -0.25) is 14.5 Å². The SMILES string of the molecule is COCCn1c(C)cc(C(=O)CN2C(=O)NC(C)(c3ccccc3)C2=O)c1C. The minimum absolute atomic E-state index is 0.266. The number of amides is 3. The maximum absolute atomic E-state index is 13.0. The van der Waals surface area contributed by atoms with E-state index in [9.17, 15) is 14.4 Å². The molecule has 1 aliphatic heterocycles. The Labute approximate surface area is 164 Å². The average Bonchev–Trinajstić information content (AvgIpc) is 3.09. The second-order valence-electron chi connectivity index (χ2n) is 7.16. The second kappa shape index (κ2) is 7.59. The van der Waals surface area contributed by atoms with Gasteiger partial charge in [0.05, 0.1) is 13.2 Å². The Morgan fingerprint density at radius 1 is 1.18 bits per heavy atom. The van der Waals surface area contributed by atoms with Crippen molar-refractivity contribution in [2.45, 2.75) is 32.9 Å². The molecule has 148 valence electrons. The highest BCUT2D eigenvalue weighted by molar-refractivity contribution is 6.11. The van der Waals surface area contributed by atoms with Gasteiger partial charge in [0, 0.05) is 30.6 Å². The quantitative estimate of drug-likeness (QED) is 0.588. The van der Waals surface area contributed by atoms with E-state index >= 15 is 0 Å². The van der Waals surface area contributed by atoms with Crippen LogP contribution in [-0.2, 0) is 21.6 Å². The van der Waals surface area contributed by atoms with Crippen molar-refractivity contribution in [2.24, 2.45) is 0 Å². The smallest absolute Gasteiger partial charge is 0.325 e. The van der Waals surface area contributed by atoms with E-state index in [1.54, 1.807) is 32.2 Å². The van der Waals surface area contributed by atoms with Crippen molar-refractivity contribution in [3.63, 3.8) is 0 Å². The number of rotatable bonds is 7. The number of Topliss-reactive ketones (excluding diaryl/α,β-unsaturated/α-hetero) is 1. The molecule has 1 saturated heterocycles. The number of methoxy groups -OCH3 is 1. The van der Waals surface area contributed by atoms with Crippen molar-refractivity contribution in [1.29, 1.82) is 0 Å². The lowest BCUT2D eigenvalue weighted by molar-refractivity contribution is -0.130. The minimum atomic E-state index is -1.17. The molecule has 0 radical (unpaired) electrons.